The molecule has 0 rings (SSSR count). The third-order valence-corrected chi connectivity index (χ3v) is 2.87. The molecule has 22 heavy (non-hydrogen) atoms. The first-order valence-electron chi connectivity index (χ1n) is 7.11. The van der Waals surface area contributed by atoms with Crippen LogP contribution in [0.5, 0.6) is 0 Å². The minimum atomic E-state index is -1.28. The Kier molecular flexibility index (Phi) is 7.31. The van der Waals surface area contributed by atoms with Crippen molar-refractivity contribution in [2.75, 3.05) is 6.54 Å². The Morgan fingerprint density at radius 1 is 1.23 bits per heavy atom. The van der Waals surface area contributed by atoms with E-state index in [4.69, 9.17) is 9.84 Å². The number of hydrogen-bond donors (Lipinski definition) is 3. The number of alkyl carbamates (subject to hydrolysis) is 1. The molecule has 3 atom stereocenters. The second-order valence-corrected chi connectivity index (χ2v) is 6.00. The zero-order chi connectivity index (χ0) is 17.7. The van der Waals surface area contributed by atoms with Crippen LogP contribution in [0.4, 0.5) is 4.79 Å². The van der Waals surface area contributed by atoms with Crippen molar-refractivity contribution in [3.63, 3.8) is 0 Å². The molecule has 3 N–H and O–H groups in total. The minimum Gasteiger partial charge on any atom is -0.480 e. The molecule has 8 nitrogen and oxygen atoms in total. The van der Waals surface area contributed by atoms with E-state index in [0.29, 0.717) is 0 Å². The second kappa shape index (κ2) is 7.98. The van der Waals surface area contributed by atoms with Crippen LogP contribution in [-0.4, -0.2) is 63.4 Å². The lowest BCUT2D eigenvalue weighted by Gasteiger charge is -2.31. The summed E-state index contributed by atoms with van der Waals surface area (Å²) in [6, 6.07) is -2.35. The van der Waals surface area contributed by atoms with Crippen LogP contribution in [0.15, 0.2) is 0 Å². The number of likely N-dealkylation sites (N-methyl/N-ethyl adjacent to an activating group) is 1. The lowest BCUT2D eigenvalue weighted by atomic mass is 10.1. The molecule has 0 aromatic heterocycles. The molecule has 3 unspecified atom stereocenters. The molecule has 8 heteroatoms. The Labute approximate surface area is 130 Å². The molecule has 0 saturated heterocycles. The smallest absolute Gasteiger partial charge is 0.408 e. The van der Waals surface area contributed by atoms with Gasteiger partial charge in [0.2, 0.25) is 5.91 Å². The lowest BCUT2D eigenvalue weighted by Crippen LogP contribution is -2.57. The van der Waals surface area contributed by atoms with Crippen molar-refractivity contribution in [1.29, 1.82) is 0 Å². The number of amides is 2. The van der Waals surface area contributed by atoms with Gasteiger partial charge in [-0.25, -0.2) is 9.59 Å². The van der Waals surface area contributed by atoms with Gasteiger partial charge in [-0.1, -0.05) is 0 Å². The van der Waals surface area contributed by atoms with Crippen molar-refractivity contribution >= 4 is 18.0 Å². The number of carbonyl (C=O) groups is 3. The summed E-state index contributed by atoms with van der Waals surface area (Å²) in [7, 11) is 0. The van der Waals surface area contributed by atoms with E-state index in [1.165, 1.54) is 13.8 Å². The van der Waals surface area contributed by atoms with Gasteiger partial charge in [-0.15, -0.1) is 0 Å². The van der Waals surface area contributed by atoms with Crippen LogP contribution in [0.25, 0.3) is 0 Å². The average Bonchev–Trinajstić information content (AvgIpc) is 2.33. The first kappa shape index (κ1) is 20.2. The van der Waals surface area contributed by atoms with Gasteiger partial charge in [-0.2, -0.15) is 0 Å². The number of nitrogens with zero attached hydrogens (tertiary/aromatic N) is 1. The van der Waals surface area contributed by atoms with Gasteiger partial charge in [0.05, 0.1) is 6.10 Å². The fourth-order valence-corrected chi connectivity index (χ4v) is 1.76. The van der Waals surface area contributed by atoms with E-state index in [-0.39, 0.29) is 6.54 Å². The lowest BCUT2D eigenvalue weighted by molar-refractivity contribution is -0.151. The van der Waals surface area contributed by atoms with Crippen LogP contribution in [-0.2, 0) is 14.3 Å². The fraction of sp³-hybridized carbons (Fsp3) is 0.786. The van der Waals surface area contributed by atoms with Crippen molar-refractivity contribution in [1.82, 2.24) is 10.2 Å². The highest BCUT2D eigenvalue weighted by Crippen LogP contribution is 2.10. The van der Waals surface area contributed by atoms with E-state index in [0.717, 1.165) is 4.90 Å². The monoisotopic (exact) mass is 318 g/mol. The molecule has 0 spiro atoms. The molecule has 0 aliphatic carbocycles. The molecule has 0 aromatic carbocycles. The number of aliphatic carboxylic acids is 1. The van der Waals surface area contributed by atoms with Crippen LogP contribution >= 0.6 is 0 Å². The molecule has 0 aliphatic heterocycles. The highest BCUT2D eigenvalue weighted by molar-refractivity contribution is 5.89. The molecule has 0 aromatic rings. The first-order valence-corrected chi connectivity index (χ1v) is 7.11. The van der Waals surface area contributed by atoms with E-state index in [1.54, 1.807) is 27.7 Å². The van der Waals surface area contributed by atoms with Crippen molar-refractivity contribution in [2.45, 2.75) is 65.3 Å². The predicted molar refractivity (Wildman–Crippen MR) is 79.3 cm³/mol. The van der Waals surface area contributed by atoms with Crippen LogP contribution in [0.2, 0.25) is 0 Å². The Hall–Kier alpha value is -1.83. The van der Waals surface area contributed by atoms with Gasteiger partial charge in [0.25, 0.3) is 0 Å². The normalized spacial score (nSPS) is 15.4. The van der Waals surface area contributed by atoms with E-state index in [2.05, 4.69) is 5.32 Å². The molecule has 0 heterocycles. The summed E-state index contributed by atoms with van der Waals surface area (Å²) in [5.74, 6) is -1.85. The summed E-state index contributed by atoms with van der Waals surface area (Å²) in [5.41, 5.74) is -0.755. The average molecular weight is 318 g/mol. The summed E-state index contributed by atoms with van der Waals surface area (Å²) < 4.78 is 5.04. The Balaban J connectivity index is 5.12. The quantitative estimate of drug-likeness (QED) is 0.660. The van der Waals surface area contributed by atoms with E-state index < -0.39 is 41.8 Å². The van der Waals surface area contributed by atoms with Crippen LogP contribution in [0.1, 0.15) is 41.5 Å². The molecule has 0 aliphatic rings. The summed E-state index contributed by atoms with van der Waals surface area (Å²) in [6.07, 6.45) is -2.05. The highest BCUT2D eigenvalue weighted by Gasteiger charge is 2.34. The van der Waals surface area contributed by atoms with Crippen LogP contribution in [0, 0.1) is 0 Å². The van der Waals surface area contributed by atoms with Gasteiger partial charge < -0.3 is 25.2 Å². The molecule has 0 saturated carbocycles. The number of aliphatic hydroxyl groups is 1. The Morgan fingerprint density at radius 3 is 2.05 bits per heavy atom. The largest absolute Gasteiger partial charge is 0.480 e. The molecule has 128 valence electrons. The van der Waals surface area contributed by atoms with E-state index >= 15 is 0 Å². The van der Waals surface area contributed by atoms with Gasteiger partial charge in [0.15, 0.2) is 0 Å². The standard InChI is InChI=1S/C14H26N2O6/c1-7-16(8(2)12(19)20)11(18)10(9(3)17)15-13(21)22-14(4,5)6/h8-10,17H,7H2,1-6H3,(H,15,21)(H,19,20). The summed E-state index contributed by atoms with van der Waals surface area (Å²) >= 11 is 0. The van der Waals surface area contributed by atoms with E-state index in [1.807, 2.05) is 0 Å². The number of carboxylic acid groups (broad SMARTS) is 1. The number of carbonyl (C=O) groups excluding carboxylic acids is 2. The second-order valence-electron chi connectivity index (χ2n) is 6.00. The number of carboxylic acids is 1. The van der Waals surface area contributed by atoms with Crippen molar-refractivity contribution in [2.24, 2.45) is 0 Å². The van der Waals surface area contributed by atoms with Crippen molar-refractivity contribution in [3.05, 3.63) is 0 Å². The number of hydrogen-bond acceptors (Lipinski definition) is 5. The first-order chi connectivity index (χ1) is 9.90. The zero-order valence-electron chi connectivity index (χ0n) is 13.9. The zero-order valence-corrected chi connectivity index (χ0v) is 13.9. The molecule has 0 bridgehead atoms. The SMILES string of the molecule is CCN(C(=O)C(NC(=O)OC(C)(C)C)C(C)O)C(C)C(=O)O. The number of aliphatic hydroxyl groups excluding tert-OH is 1. The molecular weight excluding hydrogens is 292 g/mol. The highest BCUT2D eigenvalue weighted by atomic mass is 16.6. The molecule has 0 fully saturated rings. The molecular formula is C14H26N2O6. The van der Waals surface area contributed by atoms with Crippen molar-refractivity contribution in [3.8, 4) is 0 Å². The number of ether oxygens (including phenoxy) is 1. The molecule has 2 amide bonds. The van der Waals surface area contributed by atoms with Gasteiger partial charge in [-0.3, -0.25) is 4.79 Å². The van der Waals surface area contributed by atoms with Crippen LogP contribution < -0.4 is 5.32 Å². The predicted octanol–water partition coefficient (Wildman–Crippen LogP) is 0.582. The van der Waals surface area contributed by atoms with Gasteiger partial charge >= 0.3 is 12.1 Å². The molecule has 0 radical (unpaired) electrons. The fourth-order valence-electron chi connectivity index (χ4n) is 1.76. The maximum Gasteiger partial charge on any atom is 0.408 e. The number of nitrogens with one attached hydrogen (secondary N) is 1. The van der Waals surface area contributed by atoms with E-state index in [9.17, 15) is 19.5 Å². The maximum atomic E-state index is 12.4. The van der Waals surface area contributed by atoms with Gasteiger partial charge in [0, 0.05) is 6.54 Å². The maximum absolute atomic E-state index is 12.4. The Morgan fingerprint density at radius 2 is 1.73 bits per heavy atom. The Bertz CT molecular complexity index is 416. The summed E-state index contributed by atoms with van der Waals surface area (Å²) in [5, 5.41) is 21.0. The summed E-state index contributed by atoms with van der Waals surface area (Å²) in [4.78, 5) is 36.3. The summed E-state index contributed by atoms with van der Waals surface area (Å²) in [6.45, 7) is 9.43. The van der Waals surface area contributed by atoms with Crippen molar-refractivity contribution < 1.29 is 29.3 Å². The third kappa shape index (κ3) is 6.30. The van der Waals surface area contributed by atoms with Crippen LogP contribution in [0.3, 0.4) is 0 Å². The van der Waals surface area contributed by atoms with Gasteiger partial charge in [0.1, 0.15) is 17.7 Å². The van der Waals surface area contributed by atoms with Gasteiger partial charge in [-0.05, 0) is 41.5 Å². The topological polar surface area (TPSA) is 116 Å². The number of rotatable bonds is 6. The third-order valence-electron chi connectivity index (χ3n) is 2.87. The minimum absolute atomic E-state index is 0.130.